The Morgan fingerprint density at radius 1 is 1.56 bits per heavy atom. The minimum atomic E-state index is -3.03. The van der Waals surface area contributed by atoms with Gasteiger partial charge in [0.2, 0.25) is 5.88 Å². The first-order valence-electron chi connectivity index (χ1n) is 4.77. The summed E-state index contributed by atoms with van der Waals surface area (Å²) >= 11 is 0. The molecule has 0 unspecified atom stereocenters. The van der Waals surface area contributed by atoms with Crippen molar-refractivity contribution in [1.29, 1.82) is 0 Å². The van der Waals surface area contributed by atoms with E-state index in [0.717, 1.165) is 5.56 Å². The van der Waals surface area contributed by atoms with Crippen molar-refractivity contribution in [3.05, 3.63) is 36.0 Å². The van der Waals surface area contributed by atoms with Gasteiger partial charge < -0.3 is 10.5 Å². The summed E-state index contributed by atoms with van der Waals surface area (Å²) < 4.78 is 31.1. The molecule has 1 aromatic heterocycles. The highest BCUT2D eigenvalue weighted by molar-refractivity contribution is 5.18. The van der Waals surface area contributed by atoms with E-state index in [1.165, 1.54) is 19.2 Å². The molecule has 1 rings (SSSR count). The molecular formula is C11H14F2N2O. The van der Waals surface area contributed by atoms with E-state index in [-0.39, 0.29) is 11.5 Å². The fourth-order valence-corrected chi connectivity index (χ4v) is 0.905. The molecular weight excluding hydrogens is 214 g/mol. The van der Waals surface area contributed by atoms with Crippen LogP contribution in [0, 0.1) is 0 Å². The molecule has 0 bridgehead atoms. The van der Waals surface area contributed by atoms with Crippen LogP contribution in [0.3, 0.4) is 0 Å². The molecule has 0 atom stereocenters. The third-order valence-electron chi connectivity index (χ3n) is 2.06. The highest BCUT2D eigenvalue weighted by Gasteiger charge is 2.31. The van der Waals surface area contributed by atoms with E-state index < -0.39 is 12.5 Å². The van der Waals surface area contributed by atoms with Crippen LogP contribution in [0.1, 0.15) is 12.5 Å². The van der Waals surface area contributed by atoms with Crippen LogP contribution in [-0.4, -0.2) is 17.5 Å². The van der Waals surface area contributed by atoms with Crippen LogP contribution >= 0.6 is 0 Å². The largest absolute Gasteiger partial charge is 0.471 e. The third kappa shape index (κ3) is 3.27. The summed E-state index contributed by atoms with van der Waals surface area (Å²) in [6.07, 6.45) is 1.49. The van der Waals surface area contributed by atoms with E-state index in [2.05, 4.69) is 11.6 Å². The van der Waals surface area contributed by atoms with Crippen molar-refractivity contribution in [2.24, 2.45) is 5.73 Å². The van der Waals surface area contributed by atoms with Crippen molar-refractivity contribution in [1.82, 2.24) is 4.98 Å². The molecule has 0 fully saturated rings. The Morgan fingerprint density at radius 2 is 2.25 bits per heavy atom. The Hall–Kier alpha value is -1.49. The van der Waals surface area contributed by atoms with Crippen molar-refractivity contribution in [3.8, 4) is 5.88 Å². The van der Waals surface area contributed by atoms with Crippen molar-refractivity contribution >= 4 is 0 Å². The zero-order valence-electron chi connectivity index (χ0n) is 9.04. The van der Waals surface area contributed by atoms with Gasteiger partial charge in [-0.2, -0.15) is 8.78 Å². The summed E-state index contributed by atoms with van der Waals surface area (Å²) in [4.78, 5) is 3.85. The lowest BCUT2D eigenvalue weighted by Gasteiger charge is -2.16. The van der Waals surface area contributed by atoms with Crippen LogP contribution in [-0.2, 0) is 6.54 Å². The number of nitrogens with zero attached hydrogens (tertiary/aromatic N) is 1. The van der Waals surface area contributed by atoms with Crippen molar-refractivity contribution in [3.63, 3.8) is 0 Å². The van der Waals surface area contributed by atoms with Crippen LogP contribution in [0.25, 0.3) is 0 Å². The smallest absolute Gasteiger partial charge is 0.302 e. The molecule has 0 saturated carbocycles. The van der Waals surface area contributed by atoms with E-state index in [1.54, 1.807) is 6.07 Å². The van der Waals surface area contributed by atoms with E-state index in [4.69, 9.17) is 10.5 Å². The second-order valence-corrected chi connectivity index (χ2v) is 3.48. The van der Waals surface area contributed by atoms with Gasteiger partial charge >= 0.3 is 5.92 Å². The molecule has 5 heteroatoms. The molecule has 88 valence electrons. The van der Waals surface area contributed by atoms with Gasteiger partial charge in [0.1, 0.15) is 0 Å². The van der Waals surface area contributed by atoms with Gasteiger partial charge in [-0.05, 0) is 18.1 Å². The summed E-state index contributed by atoms with van der Waals surface area (Å²) in [6.45, 7) is 4.06. The Bertz CT molecular complexity index is 363. The SMILES string of the molecule is C=C(C)C(F)(F)COc1ccc(CN)cn1. The Balaban J connectivity index is 2.58. The zero-order chi connectivity index (χ0) is 12.2. The summed E-state index contributed by atoms with van der Waals surface area (Å²) in [5.74, 6) is -2.88. The number of hydrogen-bond acceptors (Lipinski definition) is 3. The molecule has 0 saturated heterocycles. The molecule has 0 amide bonds. The molecule has 0 aliphatic rings. The predicted molar refractivity (Wildman–Crippen MR) is 57.4 cm³/mol. The number of halogens is 2. The quantitative estimate of drug-likeness (QED) is 0.785. The summed E-state index contributed by atoms with van der Waals surface area (Å²) in [5.41, 5.74) is 5.96. The van der Waals surface area contributed by atoms with Gasteiger partial charge in [-0.1, -0.05) is 12.6 Å². The van der Waals surface area contributed by atoms with Crippen LogP contribution in [0.2, 0.25) is 0 Å². The lowest BCUT2D eigenvalue weighted by Crippen LogP contribution is -2.26. The second kappa shape index (κ2) is 5.03. The number of rotatable bonds is 5. The zero-order valence-corrected chi connectivity index (χ0v) is 9.04. The lowest BCUT2D eigenvalue weighted by atomic mass is 10.2. The maximum Gasteiger partial charge on any atom is 0.302 e. The van der Waals surface area contributed by atoms with Gasteiger partial charge in [-0.3, -0.25) is 0 Å². The molecule has 16 heavy (non-hydrogen) atoms. The number of pyridine rings is 1. The predicted octanol–water partition coefficient (Wildman–Crippen LogP) is 2.13. The standard InChI is InChI=1S/C11H14F2N2O/c1-8(2)11(12,13)7-16-10-4-3-9(5-14)6-15-10/h3-4,6H,1,5,7,14H2,2H3. The van der Waals surface area contributed by atoms with Crippen molar-refractivity contribution in [2.75, 3.05) is 6.61 Å². The molecule has 0 spiro atoms. The number of nitrogens with two attached hydrogens (primary N) is 1. The fourth-order valence-electron chi connectivity index (χ4n) is 0.905. The highest BCUT2D eigenvalue weighted by Crippen LogP contribution is 2.23. The van der Waals surface area contributed by atoms with Crippen LogP contribution in [0.5, 0.6) is 5.88 Å². The van der Waals surface area contributed by atoms with E-state index in [9.17, 15) is 8.78 Å². The van der Waals surface area contributed by atoms with Gasteiger partial charge in [0, 0.05) is 18.8 Å². The van der Waals surface area contributed by atoms with Gasteiger partial charge in [0.15, 0.2) is 6.61 Å². The summed E-state index contributed by atoms with van der Waals surface area (Å²) in [7, 11) is 0. The molecule has 0 aromatic carbocycles. The topological polar surface area (TPSA) is 48.1 Å². The molecule has 3 nitrogen and oxygen atoms in total. The van der Waals surface area contributed by atoms with Gasteiger partial charge in [-0.15, -0.1) is 0 Å². The summed E-state index contributed by atoms with van der Waals surface area (Å²) in [5, 5.41) is 0. The number of ether oxygens (including phenoxy) is 1. The first-order chi connectivity index (χ1) is 7.45. The average Bonchev–Trinajstić information content (AvgIpc) is 2.27. The first kappa shape index (κ1) is 12.6. The number of aromatic nitrogens is 1. The van der Waals surface area contributed by atoms with E-state index in [0.29, 0.717) is 6.54 Å². The Labute approximate surface area is 92.9 Å². The van der Waals surface area contributed by atoms with Crippen LogP contribution in [0.4, 0.5) is 8.78 Å². The monoisotopic (exact) mass is 228 g/mol. The van der Waals surface area contributed by atoms with Crippen molar-refractivity contribution in [2.45, 2.75) is 19.4 Å². The Morgan fingerprint density at radius 3 is 2.69 bits per heavy atom. The minimum absolute atomic E-state index is 0.151. The van der Waals surface area contributed by atoms with Crippen LogP contribution < -0.4 is 10.5 Å². The lowest BCUT2D eigenvalue weighted by molar-refractivity contribution is -0.00695. The van der Waals surface area contributed by atoms with Gasteiger partial charge in [-0.25, -0.2) is 4.98 Å². The normalized spacial score (nSPS) is 11.2. The average molecular weight is 228 g/mol. The fraction of sp³-hybridized carbons (Fsp3) is 0.364. The van der Waals surface area contributed by atoms with Crippen molar-refractivity contribution < 1.29 is 13.5 Å². The molecule has 0 radical (unpaired) electrons. The number of alkyl halides is 2. The third-order valence-corrected chi connectivity index (χ3v) is 2.06. The molecule has 0 aliphatic heterocycles. The number of hydrogen-bond donors (Lipinski definition) is 1. The molecule has 1 aromatic rings. The minimum Gasteiger partial charge on any atom is -0.471 e. The van der Waals surface area contributed by atoms with E-state index >= 15 is 0 Å². The second-order valence-electron chi connectivity index (χ2n) is 3.48. The maximum absolute atomic E-state index is 13.1. The molecule has 2 N–H and O–H groups in total. The maximum atomic E-state index is 13.1. The van der Waals surface area contributed by atoms with Crippen LogP contribution in [0.15, 0.2) is 30.5 Å². The first-order valence-corrected chi connectivity index (χ1v) is 4.77. The van der Waals surface area contributed by atoms with Gasteiger partial charge in [0.05, 0.1) is 0 Å². The molecule has 1 heterocycles. The Kier molecular flexibility index (Phi) is 3.95. The highest BCUT2D eigenvalue weighted by atomic mass is 19.3. The van der Waals surface area contributed by atoms with Gasteiger partial charge in [0.25, 0.3) is 0 Å². The summed E-state index contributed by atoms with van der Waals surface area (Å²) in [6, 6.07) is 3.19. The molecule has 0 aliphatic carbocycles. The van der Waals surface area contributed by atoms with E-state index in [1.807, 2.05) is 0 Å².